The fourth-order valence-corrected chi connectivity index (χ4v) is 3.67. The van der Waals surface area contributed by atoms with Crippen LogP contribution in [0, 0.1) is 5.92 Å². The third-order valence-corrected chi connectivity index (χ3v) is 5.11. The summed E-state index contributed by atoms with van der Waals surface area (Å²) in [4.78, 5) is 7.23. The first-order valence-corrected chi connectivity index (χ1v) is 10.5. The lowest BCUT2D eigenvalue weighted by Gasteiger charge is -2.21. The molecule has 0 spiro atoms. The molecule has 2 aromatic rings. The first-order valence-electron chi connectivity index (χ1n) is 10.5. The van der Waals surface area contributed by atoms with Crippen LogP contribution in [0.2, 0.25) is 0 Å². The molecule has 1 saturated heterocycles. The summed E-state index contributed by atoms with van der Waals surface area (Å²) in [5.74, 6) is 1.59. The summed E-state index contributed by atoms with van der Waals surface area (Å²) in [6.45, 7) is 7.75. The van der Waals surface area contributed by atoms with Crippen molar-refractivity contribution in [1.29, 1.82) is 0 Å². The van der Waals surface area contributed by atoms with E-state index in [2.05, 4.69) is 53.5 Å². The van der Waals surface area contributed by atoms with Crippen molar-refractivity contribution in [2.75, 3.05) is 33.4 Å². The molecule has 0 amide bonds. The lowest BCUT2D eigenvalue weighted by atomic mass is 10.1. The third-order valence-electron chi connectivity index (χ3n) is 5.11. The number of rotatable bonds is 9. The van der Waals surface area contributed by atoms with E-state index in [-0.39, 0.29) is 0 Å². The molecule has 0 saturated carbocycles. The molecule has 1 N–H and O–H groups in total. The second kappa shape index (κ2) is 11.6. The van der Waals surface area contributed by atoms with E-state index in [1.165, 1.54) is 16.7 Å². The zero-order valence-corrected chi connectivity index (χ0v) is 17.6. The fraction of sp³-hybridized carbons (Fsp3) is 0.458. The number of nitrogens with one attached hydrogen (secondary N) is 1. The molecule has 29 heavy (non-hydrogen) atoms. The van der Waals surface area contributed by atoms with Gasteiger partial charge in [-0.3, -0.25) is 0 Å². The van der Waals surface area contributed by atoms with E-state index in [0.717, 1.165) is 38.6 Å². The van der Waals surface area contributed by atoms with E-state index in [0.29, 0.717) is 25.7 Å². The van der Waals surface area contributed by atoms with E-state index >= 15 is 0 Å². The van der Waals surface area contributed by atoms with E-state index in [1.807, 2.05) is 18.2 Å². The van der Waals surface area contributed by atoms with Gasteiger partial charge in [-0.2, -0.15) is 0 Å². The number of guanidine groups is 1. The number of benzene rings is 2. The predicted molar refractivity (Wildman–Crippen MR) is 118 cm³/mol. The third kappa shape index (κ3) is 6.87. The van der Waals surface area contributed by atoms with Gasteiger partial charge in [0.2, 0.25) is 0 Å². The Morgan fingerprint density at radius 3 is 2.62 bits per heavy atom. The van der Waals surface area contributed by atoms with Crippen molar-refractivity contribution >= 4 is 5.96 Å². The molecule has 5 heteroatoms. The van der Waals surface area contributed by atoms with Gasteiger partial charge in [-0.15, -0.1) is 0 Å². The molecule has 0 radical (unpaired) electrons. The Labute approximate surface area is 174 Å². The number of nitrogens with zero attached hydrogens (tertiary/aromatic N) is 2. The van der Waals surface area contributed by atoms with Crippen LogP contribution >= 0.6 is 0 Å². The van der Waals surface area contributed by atoms with Crippen LogP contribution in [0.25, 0.3) is 0 Å². The van der Waals surface area contributed by atoms with Gasteiger partial charge in [0.25, 0.3) is 0 Å². The zero-order valence-electron chi connectivity index (χ0n) is 17.6. The highest BCUT2D eigenvalue weighted by molar-refractivity contribution is 5.80. The molecule has 0 bridgehead atoms. The molecule has 1 atom stereocenters. The monoisotopic (exact) mass is 395 g/mol. The fourth-order valence-electron chi connectivity index (χ4n) is 3.67. The van der Waals surface area contributed by atoms with Crippen molar-refractivity contribution in [3.63, 3.8) is 0 Å². The zero-order chi connectivity index (χ0) is 20.3. The lowest BCUT2D eigenvalue weighted by Crippen LogP contribution is -2.40. The van der Waals surface area contributed by atoms with Crippen LogP contribution in [0.1, 0.15) is 30.0 Å². The van der Waals surface area contributed by atoms with Crippen LogP contribution in [0.4, 0.5) is 0 Å². The molecule has 1 unspecified atom stereocenters. The number of hydrogen-bond donors (Lipinski definition) is 1. The Kier molecular flexibility index (Phi) is 8.53. The van der Waals surface area contributed by atoms with Crippen LogP contribution in [0.3, 0.4) is 0 Å². The lowest BCUT2D eigenvalue weighted by molar-refractivity contribution is 0.107. The highest BCUT2D eigenvalue weighted by atomic mass is 16.5. The second-order valence-corrected chi connectivity index (χ2v) is 7.52. The molecule has 1 heterocycles. The molecule has 1 aliphatic rings. The second-order valence-electron chi connectivity index (χ2n) is 7.52. The van der Waals surface area contributed by atoms with Crippen molar-refractivity contribution in [3.05, 3.63) is 71.3 Å². The van der Waals surface area contributed by atoms with Crippen molar-refractivity contribution in [2.45, 2.75) is 33.1 Å². The molecule has 0 aromatic heterocycles. The molecule has 0 aliphatic carbocycles. The van der Waals surface area contributed by atoms with Gasteiger partial charge in [-0.25, -0.2) is 4.99 Å². The SMILES string of the molecule is CCNC(=NCc1cccc(COCc2ccccc2)c1)N1CCC(COC)C1. The first kappa shape index (κ1) is 21.3. The first-order chi connectivity index (χ1) is 14.3. The van der Waals surface area contributed by atoms with Crippen LogP contribution < -0.4 is 5.32 Å². The van der Waals surface area contributed by atoms with Gasteiger partial charge in [-0.05, 0) is 30.0 Å². The quantitative estimate of drug-likeness (QED) is 0.518. The molecular weight excluding hydrogens is 362 g/mol. The summed E-state index contributed by atoms with van der Waals surface area (Å²) >= 11 is 0. The Bertz CT molecular complexity index is 764. The summed E-state index contributed by atoms with van der Waals surface area (Å²) in [6, 6.07) is 18.8. The molecule has 156 valence electrons. The van der Waals surface area contributed by atoms with Gasteiger partial charge in [0.1, 0.15) is 0 Å². The van der Waals surface area contributed by atoms with Crippen molar-refractivity contribution in [3.8, 4) is 0 Å². The Balaban J connectivity index is 1.54. The van der Waals surface area contributed by atoms with E-state index < -0.39 is 0 Å². The highest BCUT2D eigenvalue weighted by Gasteiger charge is 2.24. The molecule has 5 nitrogen and oxygen atoms in total. The molecule has 1 aliphatic heterocycles. The van der Waals surface area contributed by atoms with E-state index in [9.17, 15) is 0 Å². The minimum Gasteiger partial charge on any atom is -0.384 e. The van der Waals surface area contributed by atoms with E-state index in [1.54, 1.807) is 7.11 Å². The Morgan fingerprint density at radius 2 is 1.83 bits per heavy atom. The van der Waals surface area contributed by atoms with Gasteiger partial charge in [0.15, 0.2) is 5.96 Å². The van der Waals surface area contributed by atoms with Crippen LogP contribution in [0.15, 0.2) is 59.6 Å². The summed E-state index contributed by atoms with van der Waals surface area (Å²) in [5, 5.41) is 3.43. The van der Waals surface area contributed by atoms with Crippen LogP contribution in [-0.2, 0) is 29.2 Å². The minimum atomic E-state index is 0.592. The van der Waals surface area contributed by atoms with Gasteiger partial charge in [-0.1, -0.05) is 54.6 Å². The topological polar surface area (TPSA) is 46.1 Å². The largest absolute Gasteiger partial charge is 0.384 e. The van der Waals surface area contributed by atoms with Crippen molar-refractivity contribution in [2.24, 2.45) is 10.9 Å². The van der Waals surface area contributed by atoms with Gasteiger partial charge in [0.05, 0.1) is 26.4 Å². The van der Waals surface area contributed by atoms with Crippen LogP contribution in [0.5, 0.6) is 0 Å². The molecule has 1 fully saturated rings. The van der Waals surface area contributed by atoms with Crippen molar-refractivity contribution in [1.82, 2.24) is 10.2 Å². The minimum absolute atomic E-state index is 0.592. The standard InChI is InChI=1S/C24H33N3O2/c1-3-25-24(27-13-12-23(16-27)17-28-2)26-15-21-10-7-11-22(14-21)19-29-18-20-8-5-4-6-9-20/h4-11,14,23H,3,12-13,15-19H2,1-2H3,(H,25,26). The normalized spacial score (nSPS) is 17.0. The molecule has 3 rings (SSSR count). The van der Waals surface area contributed by atoms with Gasteiger partial charge in [0, 0.05) is 32.7 Å². The smallest absolute Gasteiger partial charge is 0.194 e. The Hall–Kier alpha value is -2.37. The average Bonchev–Trinajstić information content (AvgIpc) is 3.21. The Morgan fingerprint density at radius 1 is 1.07 bits per heavy atom. The van der Waals surface area contributed by atoms with Gasteiger partial charge < -0.3 is 19.7 Å². The average molecular weight is 396 g/mol. The number of methoxy groups -OCH3 is 1. The van der Waals surface area contributed by atoms with Crippen molar-refractivity contribution < 1.29 is 9.47 Å². The summed E-state index contributed by atoms with van der Waals surface area (Å²) in [7, 11) is 1.78. The number of ether oxygens (including phenoxy) is 2. The maximum Gasteiger partial charge on any atom is 0.194 e. The number of aliphatic imine (C=N–C) groups is 1. The number of likely N-dealkylation sites (tertiary alicyclic amines) is 1. The van der Waals surface area contributed by atoms with Gasteiger partial charge >= 0.3 is 0 Å². The maximum absolute atomic E-state index is 5.87. The summed E-state index contributed by atoms with van der Waals surface area (Å²) < 4.78 is 11.2. The predicted octanol–water partition coefficient (Wildman–Crippen LogP) is 3.84. The number of hydrogen-bond acceptors (Lipinski definition) is 3. The maximum atomic E-state index is 5.87. The summed E-state index contributed by atoms with van der Waals surface area (Å²) in [5.41, 5.74) is 3.58. The van der Waals surface area contributed by atoms with Crippen LogP contribution in [-0.4, -0.2) is 44.2 Å². The summed E-state index contributed by atoms with van der Waals surface area (Å²) in [6.07, 6.45) is 1.16. The highest BCUT2D eigenvalue weighted by Crippen LogP contribution is 2.17. The molecular formula is C24H33N3O2. The molecule has 2 aromatic carbocycles. The van der Waals surface area contributed by atoms with E-state index in [4.69, 9.17) is 14.5 Å².